The van der Waals surface area contributed by atoms with Crippen LogP contribution in [0.25, 0.3) is 0 Å². The molecule has 0 aliphatic carbocycles. The van der Waals surface area contributed by atoms with E-state index in [0.717, 1.165) is 0 Å². The Kier molecular flexibility index (Phi) is 3.03. The van der Waals surface area contributed by atoms with E-state index in [1.54, 1.807) is 24.3 Å². The van der Waals surface area contributed by atoms with Gasteiger partial charge < -0.3 is 0 Å². The van der Waals surface area contributed by atoms with Gasteiger partial charge in [0.2, 0.25) is 11.8 Å². The van der Waals surface area contributed by atoms with Gasteiger partial charge in [-0.2, -0.15) is 0 Å². The van der Waals surface area contributed by atoms with Crippen molar-refractivity contribution in [3.8, 4) is 0 Å². The number of benzene rings is 1. The van der Waals surface area contributed by atoms with Crippen LogP contribution in [0.15, 0.2) is 24.3 Å². The summed E-state index contributed by atoms with van der Waals surface area (Å²) in [6, 6.07) is 6.53. The quantitative estimate of drug-likeness (QED) is 0.592. The summed E-state index contributed by atoms with van der Waals surface area (Å²) in [6.07, 6.45) is 1.38. The Bertz CT molecular complexity index is 500. The standard InChI is InChI=1S/C14H15NO3/c1-14(2)7-12(17)15(13(18)8-14)11-5-3-4-10(6-11)9-16/h3-6,9H,7-8H2,1-2H3. The molecule has 1 aliphatic heterocycles. The Balaban J connectivity index is 2.35. The molecule has 0 saturated carbocycles. The molecule has 0 unspecified atom stereocenters. The fourth-order valence-electron chi connectivity index (χ4n) is 2.20. The first-order valence-corrected chi connectivity index (χ1v) is 5.84. The highest BCUT2D eigenvalue weighted by atomic mass is 16.2. The lowest BCUT2D eigenvalue weighted by molar-refractivity contribution is -0.132. The third-order valence-corrected chi connectivity index (χ3v) is 3.02. The number of amides is 2. The van der Waals surface area contributed by atoms with Crippen LogP contribution in [0.4, 0.5) is 5.69 Å². The Hall–Kier alpha value is -1.97. The van der Waals surface area contributed by atoms with Crippen LogP contribution in [0.3, 0.4) is 0 Å². The van der Waals surface area contributed by atoms with E-state index in [4.69, 9.17) is 0 Å². The van der Waals surface area contributed by atoms with Crippen LogP contribution >= 0.6 is 0 Å². The molecule has 1 heterocycles. The average molecular weight is 245 g/mol. The maximum Gasteiger partial charge on any atom is 0.234 e. The van der Waals surface area contributed by atoms with Gasteiger partial charge in [-0.1, -0.05) is 26.0 Å². The fraction of sp³-hybridized carbons (Fsp3) is 0.357. The normalized spacial score (nSPS) is 18.9. The van der Waals surface area contributed by atoms with Crippen LogP contribution in [0, 0.1) is 5.41 Å². The second-order valence-electron chi connectivity index (χ2n) is 5.35. The number of carbonyl (C=O) groups is 3. The maximum atomic E-state index is 12.0. The summed E-state index contributed by atoms with van der Waals surface area (Å²) in [5.74, 6) is -0.418. The van der Waals surface area contributed by atoms with E-state index in [0.29, 0.717) is 30.4 Å². The third-order valence-electron chi connectivity index (χ3n) is 3.02. The van der Waals surface area contributed by atoms with E-state index >= 15 is 0 Å². The molecule has 2 rings (SSSR count). The van der Waals surface area contributed by atoms with Crippen LogP contribution in [-0.4, -0.2) is 18.1 Å². The fourth-order valence-corrected chi connectivity index (χ4v) is 2.20. The molecule has 0 N–H and O–H groups in total. The van der Waals surface area contributed by atoms with Gasteiger partial charge in [-0.3, -0.25) is 19.3 Å². The molecule has 2 amide bonds. The molecule has 0 aromatic heterocycles. The van der Waals surface area contributed by atoms with Crippen molar-refractivity contribution < 1.29 is 14.4 Å². The molecular formula is C14H15NO3. The van der Waals surface area contributed by atoms with Crippen molar-refractivity contribution in [1.29, 1.82) is 0 Å². The second kappa shape index (κ2) is 4.37. The topological polar surface area (TPSA) is 54.5 Å². The van der Waals surface area contributed by atoms with Gasteiger partial charge in [0.05, 0.1) is 5.69 Å². The molecule has 1 aromatic carbocycles. The van der Waals surface area contributed by atoms with Crippen molar-refractivity contribution in [1.82, 2.24) is 0 Å². The van der Waals surface area contributed by atoms with Crippen molar-refractivity contribution >= 4 is 23.8 Å². The number of aldehydes is 1. The van der Waals surface area contributed by atoms with Crippen molar-refractivity contribution in [2.45, 2.75) is 26.7 Å². The molecule has 0 atom stereocenters. The first-order chi connectivity index (χ1) is 8.43. The highest BCUT2D eigenvalue weighted by Gasteiger charge is 2.38. The van der Waals surface area contributed by atoms with Crippen LogP contribution in [0.2, 0.25) is 0 Å². The lowest BCUT2D eigenvalue weighted by Crippen LogP contribution is -2.46. The van der Waals surface area contributed by atoms with Crippen LogP contribution < -0.4 is 4.90 Å². The SMILES string of the molecule is CC1(C)CC(=O)N(c2cccc(C=O)c2)C(=O)C1. The number of piperidine rings is 1. The van der Waals surface area contributed by atoms with Crippen molar-refractivity contribution in [2.75, 3.05) is 4.90 Å². The molecule has 94 valence electrons. The Morgan fingerprint density at radius 3 is 2.33 bits per heavy atom. The molecule has 1 fully saturated rings. The predicted octanol–water partition coefficient (Wildman–Crippen LogP) is 2.18. The van der Waals surface area contributed by atoms with Crippen molar-refractivity contribution in [3.63, 3.8) is 0 Å². The average Bonchev–Trinajstić information content (AvgIpc) is 2.26. The van der Waals surface area contributed by atoms with Gasteiger partial charge in [0.25, 0.3) is 0 Å². The second-order valence-corrected chi connectivity index (χ2v) is 5.35. The van der Waals surface area contributed by atoms with Gasteiger partial charge in [0, 0.05) is 18.4 Å². The first-order valence-electron chi connectivity index (χ1n) is 5.84. The number of rotatable bonds is 2. The molecule has 1 saturated heterocycles. The zero-order valence-corrected chi connectivity index (χ0v) is 10.5. The molecule has 4 heteroatoms. The molecular weight excluding hydrogens is 230 g/mol. The molecule has 0 bridgehead atoms. The zero-order chi connectivity index (χ0) is 13.3. The smallest absolute Gasteiger partial charge is 0.234 e. The Morgan fingerprint density at radius 1 is 1.17 bits per heavy atom. The van der Waals surface area contributed by atoms with Gasteiger partial charge in [0.15, 0.2) is 0 Å². The van der Waals surface area contributed by atoms with Gasteiger partial charge >= 0.3 is 0 Å². The van der Waals surface area contributed by atoms with Crippen molar-refractivity contribution in [3.05, 3.63) is 29.8 Å². The van der Waals surface area contributed by atoms with Gasteiger partial charge in [-0.25, -0.2) is 0 Å². The van der Waals surface area contributed by atoms with Crippen molar-refractivity contribution in [2.24, 2.45) is 5.41 Å². The molecule has 4 nitrogen and oxygen atoms in total. The van der Waals surface area contributed by atoms with Crippen LogP contribution in [0.5, 0.6) is 0 Å². The highest BCUT2D eigenvalue weighted by Crippen LogP contribution is 2.34. The van der Waals surface area contributed by atoms with Gasteiger partial charge in [-0.15, -0.1) is 0 Å². The summed E-state index contributed by atoms with van der Waals surface area (Å²) >= 11 is 0. The molecule has 1 aliphatic rings. The Labute approximate surface area is 106 Å². The number of hydrogen-bond donors (Lipinski definition) is 0. The van der Waals surface area contributed by atoms with E-state index in [2.05, 4.69) is 0 Å². The van der Waals surface area contributed by atoms with Crippen LogP contribution in [-0.2, 0) is 9.59 Å². The van der Waals surface area contributed by atoms with Gasteiger partial charge in [0.1, 0.15) is 6.29 Å². The number of imide groups is 1. The molecule has 1 aromatic rings. The summed E-state index contributed by atoms with van der Waals surface area (Å²) in [5.41, 5.74) is 0.649. The summed E-state index contributed by atoms with van der Waals surface area (Å²) in [5, 5.41) is 0. The minimum absolute atomic E-state index is 0.209. The van der Waals surface area contributed by atoms with E-state index in [1.807, 2.05) is 13.8 Å². The number of anilines is 1. The van der Waals surface area contributed by atoms with E-state index < -0.39 is 0 Å². The summed E-state index contributed by atoms with van der Waals surface area (Å²) < 4.78 is 0. The predicted molar refractivity (Wildman–Crippen MR) is 67.3 cm³/mol. The summed E-state index contributed by atoms with van der Waals surface area (Å²) in [7, 11) is 0. The minimum atomic E-state index is -0.285. The summed E-state index contributed by atoms with van der Waals surface area (Å²) in [4.78, 5) is 36.0. The number of nitrogens with zero attached hydrogens (tertiary/aromatic N) is 1. The molecule has 18 heavy (non-hydrogen) atoms. The zero-order valence-electron chi connectivity index (χ0n) is 10.5. The van der Waals surface area contributed by atoms with E-state index in [-0.39, 0.29) is 17.2 Å². The highest BCUT2D eigenvalue weighted by molar-refractivity contribution is 6.17. The molecule has 0 spiro atoms. The maximum absolute atomic E-state index is 12.0. The lowest BCUT2D eigenvalue weighted by Gasteiger charge is -2.34. The summed E-state index contributed by atoms with van der Waals surface area (Å²) in [6.45, 7) is 3.81. The van der Waals surface area contributed by atoms with Gasteiger partial charge in [-0.05, 0) is 17.5 Å². The Morgan fingerprint density at radius 2 is 1.78 bits per heavy atom. The van der Waals surface area contributed by atoms with E-state index in [1.165, 1.54) is 4.90 Å². The number of carbonyl (C=O) groups excluding carboxylic acids is 3. The van der Waals surface area contributed by atoms with E-state index in [9.17, 15) is 14.4 Å². The minimum Gasteiger partial charge on any atom is -0.298 e. The van der Waals surface area contributed by atoms with Crippen LogP contribution in [0.1, 0.15) is 37.0 Å². The first kappa shape index (κ1) is 12.5. The monoisotopic (exact) mass is 245 g/mol. The molecule has 0 radical (unpaired) electrons. The number of hydrogen-bond acceptors (Lipinski definition) is 3. The largest absolute Gasteiger partial charge is 0.298 e. The third kappa shape index (κ3) is 2.32. The lowest BCUT2D eigenvalue weighted by atomic mass is 9.81.